The largest absolute Gasteiger partial charge is 0.390 e. The van der Waals surface area contributed by atoms with Gasteiger partial charge in [-0.15, -0.1) is 90.7 Å². The first kappa shape index (κ1) is 110. The summed E-state index contributed by atoms with van der Waals surface area (Å²) in [6, 6.07) is -2.02. The van der Waals surface area contributed by atoms with Gasteiger partial charge < -0.3 is 132 Å². The molecule has 6 saturated heterocycles. The zero-order valence-electron chi connectivity index (χ0n) is 76.5. The zero-order valence-corrected chi connectivity index (χ0v) is 84.8. The van der Waals surface area contributed by atoms with Crippen molar-refractivity contribution < 1.29 is 102 Å². The van der Waals surface area contributed by atoms with Gasteiger partial charge in [0.1, 0.15) is 61.0 Å². The SMILES string of the molecule is C=C1NC(=O)NC=C1[C@@H]1O[C@H](CCP(=C)(C)C)[C@@H](O)[C@H]1C.C=C1NC(=O)NC=C1[C@@H]1O[C@H](CCP(=C)(C)C)[C@@H](O)[C@H]1Cl.C=C1NC(=O)NC=C1[C@@H]1O[C@H](CCP(=C)(C)C)[C@@H](O)[C@H]1F.C=C1NC(=O)NC=C1[C@@H]1O[C@H](CCP(=C)(C)C)[C@@H](O)[C@H]1I.C=C1NC(=O)NC=C1[C@@H]1O[C@H](CCP(=C)(C)C)[C@@H](O)[C@H]1OC.C=C1NC(=O)NC=C1[C@@H]1O[C@H](CCP(=C)(C)C)[C@@H](O)[C@H]1OC. The molecule has 0 aromatic carbocycles. The minimum absolute atomic E-state index is 0.0407. The smallest absolute Gasteiger partial charge is 0.323 e. The fraction of sp³-hybridized carbons (Fsp3) is 0.586. The van der Waals surface area contributed by atoms with Crippen LogP contribution < -0.4 is 63.8 Å². The predicted octanol–water partition coefficient (Wildman–Crippen LogP) is 7.96. The number of urea groups is 6. The van der Waals surface area contributed by atoms with Crippen LogP contribution in [0.5, 0.6) is 0 Å². The van der Waals surface area contributed by atoms with Gasteiger partial charge in [0, 0.05) is 125 Å². The fourth-order valence-electron chi connectivity index (χ4n) is 15.4. The number of hydrogen-bond donors (Lipinski definition) is 18. The highest BCUT2D eigenvalue weighted by molar-refractivity contribution is 14.1. The number of carbonyl (C=O) groups is 6. The Labute approximate surface area is 774 Å². The van der Waals surface area contributed by atoms with Gasteiger partial charge in [0.15, 0.2) is 6.17 Å². The lowest BCUT2D eigenvalue weighted by Gasteiger charge is -2.25. The molecular formula is C87H141ClFIN12O20P6. The standard InChI is InChI=1S/2C15H25N2O4P.C15H25N2O3P.C14H22ClN2O3P.C14H22FN2O3P.C14H22IN2O3P/c2*1-9-10(8-16-15(19)17-9)13-14(20-2)12(18)11(21-13)6-7-22(3,4)5;1-9-13(18)12(6-7-21(3,4)5)20-14(9)11-8-16-15(19)17-10(11)2;3*1-8-9(7-16-14(19)17-8)13-11(15)12(18)10(20-13)5-6-21(2,3)4/h2*8,11-14,18H,1,3,6-7H2,2,4-5H3,(H2,16,17,19);8-9,12-14,18H,2-3,6-7H2,1,4-5H3,(H2,16,17,19);3*7,10-13,18H,1-2,5-6H2,3-4H3,(H2,16,17,19)/t2*11-,12-,13+,14-;9-,12-,13+,14-;3*10-,11-,12-,13+/m111111/s1. The van der Waals surface area contributed by atoms with Crippen molar-refractivity contribution in [3.05, 3.63) is 144 Å². The van der Waals surface area contributed by atoms with Crippen molar-refractivity contribution in [3.8, 4) is 0 Å². The molecule has 32 nitrogen and oxygen atoms in total. The van der Waals surface area contributed by atoms with E-state index in [1.807, 2.05) is 6.92 Å². The van der Waals surface area contributed by atoms with E-state index in [1.165, 1.54) is 12.4 Å². The van der Waals surface area contributed by atoms with Gasteiger partial charge >= 0.3 is 36.2 Å². The van der Waals surface area contributed by atoms with Crippen molar-refractivity contribution in [2.75, 3.05) is 131 Å². The van der Waals surface area contributed by atoms with Crippen LogP contribution in [0.15, 0.2) is 144 Å². The second-order valence-corrected chi connectivity index (χ2v) is 65.7. The fourth-order valence-corrected chi connectivity index (χ4v) is 22.5. The van der Waals surface area contributed by atoms with Crippen LogP contribution in [0, 0.1) is 5.92 Å². The maximum atomic E-state index is 14.3. The lowest BCUT2D eigenvalue weighted by atomic mass is 9.92. The van der Waals surface area contributed by atoms with Crippen molar-refractivity contribution >= 4 is 149 Å². The van der Waals surface area contributed by atoms with Crippen LogP contribution in [-0.4, -0.2) is 373 Å². The highest BCUT2D eigenvalue weighted by Crippen LogP contribution is 2.47. The van der Waals surface area contributed by atoms with E-state index < -0.39 is 138 Å². The molecule has 0 spiro atoms. The molecule has 0 unspecified atom stereocenters. The minimum Gasteiger partial charge on any atom is -0.390 e. The van der Waals surface area contributed by atoms with Crippen LogP contribution in [0.4, 0.5) is 33.2 Å². The number of alkyl halides is 3. The number of halogens is 3. The summed E-state index contributed by atoms with van der Waals surface area (Å²) in [5.74, 6) is -0.0407. The number of methoxy groups -OCH3 is 2. The summed E-state index contributed by atoms with van der Waals surface area (Å²) in [5, 5.41) is 92.3. The molecule has 41 heteroatoms. The average molecular weight is 2040 g/mol. The Morgan fingerprint density at radius 2 is 0.555 bits per heavy atom. The molecule has 12 aliphatic rings. The van der Waals surface area contributed by atoms with Crippen LogP contribution in [0.1, 0.15) is 45.4 Å². The van der Waals surface area contributed by atoms with Gasteiger partial charge in [-0.3, -0.25) is 0 Å². The van der Waals surface area contributed by atoms with Crippen molar-refractivity contribution in [1.82, 2.24) is 63.8 Å². The average Bonchev–Trinajstić information content (AvgIpc) is 1.66. The Morgan fingerprint density at radius 1 is 0.344 bits per heavy atom. The molecule has 0 aromatic heterocycles. The first-order valence-corrected chi connectivity index (χ1v) is 62.1. The van der Waals surface area contributed by atoms with Gasteiger partial charge in [0.05, 0.1) is 70.3 Å². The van der Waals surface area contributed by atoms with Crippen molar-refractivity contribution in [3.63, 3.8) is 0 Å². The summed E-state index contributed by atoms with van der Waals surface area (Å²) in [5.41, 5.74) is 6.81. The highest BCUT2D eigenvalue weighted by Gasteiger charge is 2.52. The Kier molecular flexibility index (Phi) is 40.1. The number of nitrogens with one attached hydrogen (secondary N) is 12. The molecule has 0 aromatic rings. The Morgan fingerprint density at radius 3 is 0.836 bits per heavy atom. The number of carbonyl (C=O) groups excluding carboxylic acids is 6. The minimum atomic E-state index is -1.54. The number of aliphatic hydroxyl groups excluding tert-OH is 6. The summed E-state index contributed by atoms with van der Waals surface area (Å²) >= 11 is 8.51. The quantitative estimate of drug-likeness (QED) is 0.0222. The van der Waals surface area contributed by atoms with E-state index in [-0.39, 0.29) is 82.7 Å². The molecule has 6 fully saturated rings. The van der Waals surface area contributed by atoms with Gasteiger partial charge in [-0.1, -0.05) is 69.0 Å². The topological polar surface area (TPSA) is 442 Å². The van der Waals surface area contributed by atoms with E-state index in [1.54, 1.807) is 39.0 Å². The van der Waals surface area contributed by atoms with Crippen LogP contribution >= 0.6 is 75.5 Å². The molecule has 0 bridgehead atoms. The molecule has 12 heterocycles. The van der Waals surface area contributed by atoms with E-state index in [4.69, 9.17) is 49.5 Å². The molecule has 0 radical (unpaired) electrons. The molecule has 12 rings (SSSR count). The summed E-state index contributed by atoms with van der Waals surface area (Å²) in [4.78, 5) is 67.4. The third-order valence-electron chi connectivity index (χ3n) is 22.7. The molecule has 0 aliphatic carbocycles. The van der Waals surface area contributed by atoms with Crippen molar-refractivity contribution in [1.29, 1.82) is 0 Å². The first-order chi connectivity index (χ1) is 59.2. The Bertz CT molecular complexity index is 4190. The van der Waals surface area contributed by atoms with Crippen LogP contribution in [0.2, 0.25) is 0 Å². The summed E-state index contributed by atoms with van der Waals surface area (Å²) in [7, 11) is 3.09. The number of amides is 12. The number of ether oxygens (including phenoxy) is 8. The number of rotatable bonds is 26. The normalized spacial score (nSPS) is 33.1. The second-order valence-electron chi connectivity index (χ2n) is 37.9. The lowest BCUT2D eigenvalue weighted by Crippen LogP contribution is -2.42. The molecule has 12 aliphatic heterocycles. The lowest BCUT2D eigenvalue weighted by molar-refractivity contribution is 0.000132. The molecule has 12 amide bonds. The van der Waals surface area contributed by atoms with E-state index in [0.29, 0.717) is 62.9 Å². The van der Waals surface area contributed by atoms with E-state index in [9.17, 15) is 63.8 Å². The second kappa shape index (κ2) is 46.8. The van der Waals surface area contributed by atoms with Gasteiger partial charge in [0.2, 0.25) is 0 Å². The van der Waals surface area contributed by atoms with Gasteiger partial charge in [-0.05, 0) is 155 Å². The van der Waals surface area contributed by atoms with Crippen LogP contribution in [-0.2, 0) is 37.9 Å². The monoisotopic (exact) mass is 2040 g/mol. The molecule has 720 valence electrons. The first-order valence-electron chi connectivity index (χ1n) is 42.1. The van der Waals surface area contributed by atoms with Gasteiger partial charge in [-0.25, -0.2) is 33.2 Å². The maximum Gasteiger partial charge on any atom is 0.323 e. The third kappa shape index (κ3) is 31.9. The van der Waals surface area contributed by atoms with Crippen molar-refractivity contribution in [2.45, 2.75) is 183 Å². The van der Waals surface area contributed by atoms with E-state index >= 15 is 0 Å². The molecule has 128 heavy (non-hydrogen) atoms. The molecule has 24 atom stereocenters. The summed E-state index contributed by atoms with van der Waals surface area (Å²) in [6.45, 7) is 43.6. The predicted molar refractivity (Wildman–Crippen MR) is 537 cm³/mol. The molecule has 0 saturated carbocycles. The molecule has 18 N–H and O–H groups in total. The highest BCUT2D eigenvalue weighted by atomic mass is 127. The van der Waals surface area contributed by atoms with E-state index in [2.05, 4.69) is 244 Å². The third-order valence-corrected chi connectivity index (χ3v) is 33.4. The van der Waals surface area contributed by atoms with E-state index in [0.717, 1.165) is 80.2 Å². The maximum absolute atomic E-state index is 14.3. The van der Waals surface area contributed by atoms with Gasteiger partial charge in [0.25, 0.3) is 0 Å². The Hall–Kier alpha value is -5.31. The van der Waals surface area contributed by atoms with Gasteiger partial charge in [-0.2, -0.15) is 0 Å². The Balaban J connectivity index is 0.000000210. The summed E-state index contributed by atoms with van der Waals surface area (Å²) < 4.78 is 60.8. The van der Waals surface area contributed by atoms with Crippen molar-refractivity contribution in [2.24, 2.45) is 5.92 Å². The van der Waals surface area contributed by atoms with Crippen LogP contribution in [0.25, 0.3) is 0 Å². The van der Waals surface area contributed by atoms with Crippen LogP contribution in [0.3, 0.4) is 0 Å². The number of aliphatic hydroxyl groups is 6. The number of hydrogen-bond acceptors (Lipinski definition) is 20. The molecular weight excluding hydrogens is 1900 g/mol. The zero-order chi connectivity index (χ0) is 96.1. The summed E-state index contributed by atoms with van der Waals surface area (Å²) in [6.07, 6.45) is 32.7.